The van der Waals surface area contributed by atoms with E-state index in [1.54, 1.807) is 0 Å². The van der Waals surface area contributed by atoms with Crippen molar-refractivity contribution in [2.24, 2.45) is 0 Å². The predicted octanol–water partition coefficient (Wildman–Crippen LogP) is 1.79. The van der Waals surface area contributed by atoms with Crippen molar-refractivity contribution in [2.45, 2.75) is 20.3 Å². The van der Waals surface area contributed by atoms with Crippen LogP contribution in [0.3, 0.4) is 0 Å². The van der Waals surface area contributed by atoms with Crippen LogP contribution in [0.2, 0.25) is 0 Å². The first-order chi connectivity index (χ1) is 6.13. The van der Waals surface area contributed by atoms with Gasteiger partial charge in [0.25, 0.3) is 0 Å². The number of likely N-dealkylation sites (N-methyl/N-ethyl adjacent to an activating group) is 1. The van der Waals surface area contributed by atoms with Crippen LogP contribution < -0.4 is 5.32 Å². The fraction of sp³-hybridized carbons (Fsp3) is 0.500. The maximum Gasteiger partial charge on any atom is 0.225 e. The predicted molar refractivity (Wildman–Crippen MR) is 56.6 cm³/mol. The van der Waals surface area contributed by atoms with E-state index in [4.69, 9.17) is 12.2 Å². The third-order valence-electron chi connectivity index (χ3n) is 1.62. The Hall–Kier alpha value is -0.680. The summed E-state index contributed by atoms with van der Waals surface area (Å²) in [6, 6.07) is 0. The molecule has 0 radical (unpaired) electrons. The third kappa shape index (κ3) is 2.93. The minimum absolute atomic E-state index is 0.0517. The van der Waals surface area contributed by atoms with Crippen molar-refractivity contribution in [2.75, 3.05) is 6.54 Å². The average molecular weight is 216 g/mol. The summed E-state index contributed by atoms with van der Waals surface area (Å²) in [5.41, 5.74) is 1.00. The maximum absolute atomic E-state index is 11.2. The first-order valence-electron chi connectivity index (χ1n) is 4.08. The van der Waals surface area contributed by atoms with Crippen molar-refractivity contribution < 1.29 is 4.79 Å². The molecule has 0 aliphatic heterocycles. The topological polar surface area (TPSA) is 44.9 Å². The number of aromatic amines is 1. The van der Waals surface area contributed by atoms with Crippen LogP contribution in [0.4, 0.5) is 0 Å². The molecule has 0 spiro atoms. The molecular weight excluding hydrogens is 204 g/mol. The van der Waals surface area contributed by atoms with Crippen LogP contribution in [-0.2, 0) is 11.2 Å². The summed E-state index contributed by atoms with van der Waals surface area (Å²) in [6.07, 6.45) is 0.428. The van der Waals surface area contributed by atoms with E-state index in [1.807, 2.05) is 13.8 Å². The van der Waals surface area contributed by atoms with Gasteiger partial charge in [-0.2, -0.15) is 0 Å². The summed E-state index contributed by atoms with van der Waals surface area (Å²) in [7, 11) is 0. The van der Waals surface area contributed by atoms with Gasteiger partial charge in [-0.15, -0.1) is 11.3 Å². The fourth-order valence-corrected chi connectivity index (χ4v) is 2.30. The monoisotopic (exact) mass is 216 g/mol. The minimum Gasteiger partial charge on any atom is -0.356 e. The smallest absolute Gasteiger partial charge is 0.225 e. The Bertz CT molecular complexity index is 353. The summed E-state index contributed by atoms with van der Waals surface area (Å²) >= 11 is 6.44. The van der Waals surface area contributed by atoms with Crippen molar-refractivity contribution >= 4 is 29.5 Å². The number of carbonyl (C=O) groups excluding carboxylic acids is 1. The van der Waals surface area contributed by atoms with Crippen LogP contribution in [-0.4, -0.2) is 17.4 Å². The number of amides is 1. The number of hydrogen-bond acceptors (Lipinski definition) is 3. The quantitative estimate of drug-likeness (QED) is 0.757. The number of thiazole rings is 1. The molecule has 0 bridgehead atoms. The zero-order chi connectivity index (χ0) is 9.84. The lowest BCUT2D eigenvalue weighted by molar-refractivity contribution is -0.120. The Morgan fingerprint density at radius 3 is 2.85 bits per heavy atom. The van der Waals surface area contributed by atoms with Crippen LogP contribution in [0.25, 0.3) is 0 Å². The Morgan fingerprint density at radius 2 is 2.38 bits per heavy atom. The molecule has 1 amide bonds. The molecule has 0 fully saturated rings. The molecule has 1 aromatic heterocycles. The molecule has 1 rings (SSSR count). The summed E-state index contributed by atoms with van der Waals surface area (Å²) in [5.74, 6) is 0.0517. The lowest BCUT2D eigenvalue weighted by atomic mass is 10.3. The first-order valence-corrected chi connectivity index (χ1v) is 5.31. The molecule has 0 saturated heterocycles. The van der Waals surface area contributed by atoms with Crippen molar-refractivity contribution in [3.8, 4) is 0 Å². The standard InChI is InChI=1S/C8H12N2OS2/c1-3-9-7(11)4-6-5(2)10-8(12)13-6/h3-4H2,1-2H3,(H,9,11)(H,10,12). The molecule has 0 aliphatic rings. The van der Waals surface area contributed by atoms with Crippen LogP contribution in [0.1, 0.15) is 17.5 Å². The van der Waals surface area contributed by atoms with Gasteiger partial charge in [-0.25, -0.2) is 0 Å². The van der Waals surface area contributed by atoms with Gasteiger partial charge >= 0.3 is 0 Å². The van der Waals surface area contributed by atoms with Gasteiger partial charge in [0.2, 0.25) is 5.91 Å². The van der Waals surface area contributed by atoms with Gasteiger partial charge < -0.3 is 10.3 Å². The SMILES string of the molecule is CCNC(=O)Cc1sc(=S)[nH]c1C. The number of nitrogens with one attached hydrogen (secondary N) is 2. The summed E-state index contributed by atoms with van der Waals surface area (Å²) in [6.45, 7) is 4.51. The van der Waals surface area contributed by atoms with Gasteiger partial charge in [0.1, 0.15) is 0 Å². The molecule has 1 heterocycles. The number of rotatable bonds is 3. The lowest BCUT2D eigenvalue weighted by Crippen LogP contribution is -2.24. The van der Waals surface area contributed by atoms with Gasteiger partial charge in [0, 0.05) is 17.1 Å². The molecule has 1 aromatic rings. The Morgan fingerprint density at radius 1 is 1.69 bits per heavy atom. The van der Waals surface area contributed by atoms with Gasteiger partial charge in [-0.3, -0.25) is 4.79 Å². The van der Waals surface area contributed by atoms with Crippen molar-refractivity contribution in [3.63, 3.8) is 0 Å². The lowest BCUT2D eigenvalue weighted by Gasteiger charge is -1.99. The Labute approximate surface area is 86.2 Å². The van der Waals surface area contributed by atoms with E-state index in [9.17, 15) is 4.79 Å². The molecule has 0 unspecified atom stereocenters. The largest absolute Gasteiger partial charge is 0.356 e. The number of H-pyrrole nitrogens is 1. The zero-order valence-corrected chi connectivity index (χ0v) is 9.27. The summed E-state index contributed by atoms with van der Waals surface area (Å²) in [4.78, 5) is 15.3. The zero-order valence-electron chi connectivity index (χ0n) is 7.64. The molecule has 3 nitrogen and oxygen atoms in total. The highest BCUT2D eigenvalue weighted by molar-refractivity contribution is 7.73. The highest BCUT2D eigenvalue weighted by Crippen LogP contribution is 2.14. The molecule has 0 saturated carbocycles. The molecule has 5 heteroatoms. The van der Waals surface area contributed by atoms with E-state index < -0.39 is 0 Å². The molecule has 2 N–H and O–H groups in total. The number of aryl methyl sites for hydroxylation is 1. The highest BCUT2D eigenvalue weighted by atomic mass is 32.1. The second kappa shape index (κ2) is 4.53. The second-order valence-corrected chi connectivity index (χ2v) is 4.46. The molecule has 0 atom stereocenters. The van der Waals surface area contributed by atoms with Crippen LogP contribution in [0, 0.1) is 10.9 Å². The van der Waals surface area contributed by atoms with E-state index in [-0.39, 0.29) is 5.91 Å². The number of hydrogen-bond donors (Lipinski definition) is 2. The Balaban J connectivity index is 2.68. The van der Waals surface area contributed by atoms with Crippen LogP contribution in [0.15, 0.2) is 0 Å². The van der Waals surface area contributed by atoms with Crippen molar-refractivity contribution in [1.82, 2.24) is 10.3 Å². The summed E-state index contributed by atoms with van der Waals surface area (Å²) < 4.78 is 0.733. The van der Waals surface area contributed by atoms with E-state index in [1.165, 1.54) is 11.3 Å². The van der Waals surface area contributed by atoms with E-state index in [2.05, 4.69) is 10.3 Å². The van der Waals surface area contributed by atoms with Gasteiger partial charge in [0.15, 0.2) is 3.95 Å². The first kappa shape index (κ1) is 10.4. The van der Waals surface area contributed by atoms with Crippen molar-refractivity contribution in [1.29, 1.82) is 0 Å². The van der Waals surface area contributed by atoms with Gasteiger partial charge in [0.05, 0.1) is 6.42 Å². The van der Waals surface area contributed by atoms with E-state index >= 15 is 0 Å². The van der Waals surface area contributed by atoms with Crippen LogP contribution >= 0.6 is 23.6 Å². The third-order valence-corrected chi connectivity index (χ3v) is 2.96. The van der Waals surface area contributed by atoms with Crippen LogP contribution in [0.5, 0.6) is 0 Å². The highest BCUT2D eigenvalue weighted by Gasteiger charge is 2.06. The summed E-state index contributed by atoms with van der Waals surface area (Å²) in [5, 5.41) is 2.75. The molecule has 0 aromatic carbocycles. The second-order valence-electron chi connectivity index (χ2n) is 2.69. The van der Waals surface area contributed by atoms with Crippen molar-refractivity contribution in [3.05, 3.63) is 14.5 Å². The van der Waals surface area contributed by atoms with Gasteiger partial charge in [-0.05, 0) is 26.1 Å². The normalized spacial score (nSPS) is 10.0. The molecular formula is C8H12N2OS2. The minimum atomic E-state index is 0.0517. The molecule has 72 valence electrons. The molecule has 0 aliphatic carbocycles. The van der Waals surface area contributed by atoms with Gasteiger partial charge in [-0.1, -0.05) is 0 Å². The fourth-order valence-electron chi connectivity index (χ4n) is 1.01. The van der Waals surface area contributed by atoms with E-state index in [0.717, 1.165) is 14.5 Å². The maximum atomic E-state index is 11.2. The number of carbonyl (C=O) groups is 1. The average Bonchev–Trinajstić information content (AvgIpc) is 2.30. The number of aromatic nitrogens is 1. The Kier molecular flexibility index (Phi) is 3.62. The van der Waals surface area contributed by atoms with E-state index in [0.29, 0.717) is 13.0 Å². The molecule has 13 heavy (non-hydrogen) atoms.